The summed E-state index contributed by atoms with van der Waals surface area (Å²) in [6.45, 7) is 8.03. The first-order valence-electron chi connectivity index (χ1n) is 7.16. The molecule has 2 heterocycles. The van der Waals surface area contributed by atoms with Gasteiger partial charge in [0.1, 0.15) is 5.82 Å². The van der Waals surface area contributed by atoms with E-state index in [0.29, 0.717) is 12.1 Å². The van der Waals surface area contributed by atoms with E-state index in [2.05, 4.69) is 34.4 Å². The van der Waals surface area contributed by atoms with Crippen LogP contribution in [0.1, 0.15) is 38.8 Å². The van der Waals surface area contributed by atoms with E-state index >= 15 is 0 Å². The molecule has 5 nitrogen and oxygen atoms in total. The second-order valence-electron chi connectivity index (χ2n) is 5.13. The normalized spacial score (nSPS) is 20.3. The van der Waals surface area contributed by atoms with E-state index in [-0.39, 0.29) is 6.04 Å². The number of nitrogens with one attached hydrogen (secondary N) is 2. The Hall–Kier alpha value is -1.36. The topological polar surface area (TPSA) is 59.1 Å². The molecule has 2 atom stereocenters. The molecule has 0 radical (unpaired) electrons. The Bertz CT molecular complexity index is 404. The van der Waals surface area contributed by atoms with Crippen molar-refractivity contribution < 1.29 is 4.74 Å². The summed E-state index contributed by atoms with van der Waals surface area (Å²) in [7, 11) is 0. The van der Waals surface area contributed by atoms with Gasteiger partial charge in [0, 0.05) is 24.9 Å². The van der Waals surface area contributed by atoms with E-state index in [9.17, 15) is 0 Å². The van der Waals surface area contributed by atoms with Gasteiger partial charge in [-0.1, -0.05) is 6.92 Å². The van der Waals surface area contributed by atoms with Gasteiger partial charge >= 0.3 is 0 Å². The zero-order valence-electron chi connectivity index (χ0n) is 12.1. The van der Waals surface area contributed by atoms with Gasteiger partial charge in [-0.15, -0.1) is 0 Å². The van der Waals surface area contributed by atoms with E-state index < -0.39 is 0 Å². The lowest BCUT2D eigenvalue weighted by molar-refractivity contribution is 0.0995. The summed E-state index contributed by atoms with van der Waals surface area (Å²) in [5.41, 5.74) is 0.968. The molecule has 1 aliphatic rings. The predicted molar refractivity (Wildman–Crippen MR) is 77.6 cm³/mol. The van der Waals surface area contributed by atoms with E-state index in [0.717, 1.165) is 43.9 Å². The molecule has 0 spiro atoms. The third kappa shape index (κ3) is 4.06. The molecule has 2 unspecified atom stereocenters. The van der Waals surface area contributed by atoms with Crippen molar-refractivity contribution in [1.29, 1.82) is 0 Å². The van der Waals surface area contributed by atoms with Crippen LogP contribution in [0.4, 0.5) is 11.8 Å². The highest BCUT2D eigenvalue weighted by atomic mass is 16.5. The first kappa shape index (κ1) is 14.1. The summed E-state index contributed by atoms with van der Waals surface area (Å²) in [5.74, 6) is 1.57. The van der Waals surface area contributed by atoms with Gasteiger partial charge < -0.3 is 15.4 Å². The molecule has 1 aromatic rings. The average Bonchev–Trinajstić information content (AvgIpc) is 2.89. The lowest BCUT2D eigenvalue weighted by atomic mass is 10.1. The number of nitrogens with zero attached hydrogens (tertiary/aromatic N) is 2. The number of aromatic nitrogens is 2. The minimum atomic E-state index is 0.274. The molecule has 1 aromatic heterocycles. The van der Waals surface area contributed by atoms with E-state index in [1.165, 1.54) is 0 Å². The van der Waals surface area contributed by atoms with Crippen LogP contribution in [0, 0.1) is 6.92 Å². The van der Waals surface area contributed by atoms with Crippen molar-refractivity contribution in [2.45, 2.75) is 52.2 Å². The van der Waals surface area contributed by atoms with Gasteiger partial charge in [0.25, 0.3) is 0 Å². The Morgan fingerprint density at radius 1 is 1.47 bits per heavy atom. The second-order valence-corrected chi connectivity index (χ2v) is 5.13. The molecule has 1 saturated heterocycles. The lowest BCUT2D eigenvalue weighted by Gasteiger charge is -2.21. The van der Waals surface area contributed by atoms with Gasteiger partial charge in [0.2, 0.25) is 5.95 Å². The standard InChI is InChI=1S/C14H24N4O/c1-4-7-15-14-16-10(2)9-13(18-14)17-11(3)12-6-5-8-19-12/h9,11-12H,4-8H2,1-3H3,(H2,15,16,17,18). The lowest BCUT2D eigenvalue weighted by Crippen LogP contribution is -2.30. The molecule has 19 heavy (non-hydrogen) atoms. The van der Waals surface area contributed by atoms with Crippen LogP contribution in [-0.4, -0.2) is 35.3 Å². The van der Waals surface area contributed by atoms with Crippen LogP contribution in [0.15, 0.2) is 6.07 Å². The molecule has 0 amide bonds. The van der Waals surface area contributed by atoms with Gasteiger partial charge in [0.15, 0.2) is 0 Å². The Morgan fingerprint density at radius 2 is 2.32 bits per heavy atom. The van der Waals surface area contributed by atoms with Crippen LogP contribution in [0.5, 0.6) is 0 Å². The number of anilines is 2. The van der Waals surface area contributed by atoms with Crippen LogP contribution in [0.3, 0.4) is 0 Å². The largest absolute Gasteiger partial charge is 0.376 e. The number of ether oxygens (including phenoxy) is 1. The highest BCUT2D eigenvalue weighted by Crippen LogP contribution is 2.19. The maximum absolute atomic E-state index is 5.69. The smallest absolute Gasteiger partial charge is 0.224 e. The fourth-order valence-electron chi connectivity index (χ4n) is 2.28. The Labute approximate surface area is 115 Å². The third-order valence-corrected chi connectivity index (χ3v) is 3.29. The van der Waals surface area contributed by atoms with Crippen LogP contribution < -0.4 is 10.6 Å². The molecule has 2 rings (SSSR count). The molecule has 2 N–H and O–H groups in total. The monoisotopic (exact) mass is 264 g/mol. The van der Waals surface area contributed by atoms with Crippen molar-refractivity contribution in [3.05, 3.63) is 11.8 Å². The van der Waals surface area contributed by atoms with Crippen LogP contribution >= 0.6 is 0 Å². The highest BCUT2D eigenvalue weighted by Gasteiger charge is 2.22. The van der Waals surface area contributed by atoms with Gasteiger partial charge in [-0.3, -0.25) is 0 Å². The fraction of sp³-hybridized carbons (Fsp3) is 0.714. The first-order valence-corrected chi connectivity index (χ1v) is 7.16. The van der Waals surface area contributed by atoms with Crippen LogP contribution in [0.25, 0.3) is 0 Å². The van der Waals surface area contributed by atoms with E-state index in [1.807, 2.05) is 13.0 Å². The van der Waals surface area contributed by atoms with Crippen molar-refractivity contribution in [1.82, 2.24) is 9.97 Å². The third-order valence-electron chi connectivity index (χ3n) is 3.29. The van der Waals surface area contributed by atoms with Crippen LogP contribution in [0.2, 0.25) is 0 Å². The number of rotatable bonds is 6. The Morgan fingerprint density at radius 3 is 3.00 bits per heavy atom. The van der Waals surface area contributed by atoms with Gasteiger partial charge in [-0.2, -0.15) is 4.98 Å². The van der Waals surface area contributed by atoms with E-state index in [4.69, 9.17) is 4.74 Å². The number of aryl methyl sites for hydroxylation is 1. The molecule has 0 saturated carbocycles. The average molecular weight is 264 g/mol. The molecule has 1 fully saturated rings. The van der Waals surface area contributed by atoms with Gasteiger partial charge in [-0.05, 0) is 33.1 Å². The second kappa shape index (κ2) is 6.70. The zero-order chi connectivity index (χ0) is 13.7. The summed E-state index contributed by atoms with van der Waals surface area (Å²) in [4.78, 5) is 8.88. The Kier molecular flexibility index (Phi) is 4.96. The quantitative estimate of drug-likeness (QED) is 0.827. The molecular weight excluding hydrogens is 240 g/mol. The molecule has 5 heteroatoms. The van der Waals surface area contributed by atoms with Crippen molar-refractivity contribution in [2.75, 3.05) is 23.8 Å². The minimum absolute atomic E-state index is 0.274. The molecule has 0 aromatic carbocycles. The van der Waals surface area contributed by atoms with Crippen molar-refractivity contribution in [3.8, 4) is 0 Å². The SMILES string of the molecule is CCCNc1nc(C)cc(NC(C)C2CCCO2)n1. The van der Waals surface area contributed by atoms with Crippen molar-refractivity contribution in [2.24, 2.45) is 0 Å². The highest BCUT2D eigenvalue weighted by molar-refractivity contribution is 5.43. The maximum Gasteiger partial charge on any atom is 0.224 e. The predicted octanol–water partition coefficient (Wildman–Crippen LogP) is 2.59. The first-order chi connectivity index (χ1) is 9.19. The summed E-state index contributed by atoms with van der Waals surface area (Å²) in [6.07, 6.45) is 3.64. The minimum Gasteiger partial charge on any atom is -0.376 e. The van der Waals surface area contributed by atoms with Crippen molar-refractivity contribution in [3.63, 3.8) is 0 Å². The van der Waals surface area contributed by atoms with Gasteiger partial charge in [-0.25, -0.2) is 4.98 Å². The summed E-state index contributed by atoms with van der Waals surface area (Å²) in [6, 6.07) is 2.25. The van der Waals surface area contributed by atoms with Gasteiger partial charge in [0.05, 0.1) is 12.1 Å². The van der Waals surface area contributed by atoms with Crippen molar-refractivity contribution >= 4 is 11.8 Å². The fourth-order valence-corrected chi connectivity index (χ4v) is 2.28. The van der Waals surface area contributed by atoms with E-state index in [1.54, 1.807) is 0 Å². The maximum atomic E-state index is 5.69. The molecular formula is C14H24N4O. The van der Waals surface area contributed by atoms with Crippen LogP contribution in [-0.2, 0) is 4.74 Å². The molecule has 0 aliphatic carbocycles. The molecule has 1 aliphatic heterocycles. The summed E-state index contributed by atoms with van der Waals surface area (Å²) in [5, 5.41) is 6.65. The zero-order valence-corrected chi connectivity index (χ0v) is 12.1. The summed E-state index contributed by atoms with van der Waals surface area (Å²) >= 11 is 0. The number of hydrogen-bond donors (Lipinski definition) is 2. The summed E-state index contributed by atoms with van der Waals surface area (Å²) < 4.78 is 5.69. The Balaban J connectivity index is 2.00. The number of hydrogen-bond acceptors (Lipinski definition) is 5. The molecule has 106 valence electrons. The molecule has 0 bridgehead atoms.